The van der Waals surface area contributed by atoms with Crippen molar-refractivity contribution in [2.75, 3.05) is 0 Å². The molecule has 172 valence electrons. The van der Waals surface area contributed by atoms with E-state index in [1.807, 2.05) is 91.0 Å². The minimum atomic E-state index is -1.57. The standard InChI is InChI=1S/C27H28O6/c28-22-21(20-14-8-3-9-15-20)27(30)24(22)33-26(29)23(31-16-18-10-4-1-5-11-18)25(27)32-17-19-12-6-2-7-13-19/h1-15,21-26,28-30H,16-17H2/t21?,22?,23-,24-,25-,26+,27-/m1/s1. The van der Waals surface area contributed by atoms with Crippen LogP contribution in [0.5, 0.6) is 0 Å². The third kappa shape index (κ3) is 4.10. The summed E-state index contributed by atoms with van der Waals surface area (Å²) in [6.07, 6.45) is -5.20. The van der Waals surface area contributed by atoms with E-state index in [0.29, 0.717) is 0 Å². The van der Waals surface area contributed by atoms with Crippen molar-refractivity contribution in [2.45, 2.75) is 55.4 Å². The zero-order valence-corrected chi connectivity index (χ0v) is 18.1. The summed E-state index contributed by atoms with van der Waals surface area (Å²) < 4.78 is 18.0. The van der Waals surface area contributed by atoms with Gasteiger partial charge < -0.3 is 29.5 Å². The first-order valence-electron chi connectivity index (χ1n) is 11.2. The Hall–Kier alpha value is -2.58. The molecule has 6 nitrogen and oxygen atoms in total. The van der Waals surface area contributed by atoms with Crippen LogP contribution >= 0.6 is 0 Å². The van der Waals surface area contributed by atoms with Gasteiger partial charge in [0.25, 0.3) is 0 Å². The highest BCUT2D eigenvalue weighted by molar-refractivity contribution is 5.35. The van der Waals surface area contributed by atoms with Crippen LogP contribution in [0.1, 0.15) is 22.6 Å². The average Bonchev–Trinajstić information content (AvgIpc) is 2.85. The van der Waals surface area contributed by atoms with Crippen molar-refractivity contribution in [3.05, 3.63) is 108 Å². The minimum Gasteiger partial charge on any atom is -0.390 e. The Balaban J connectivity index is 1.45. The Kier molecular flexibility index (Phi) is 6.29. The summed E-state index contributed by atoms with van der Waals surface area (Å²) in [6, 6.07) is 28.5. The largest absolute Gasteiger partial charge is 0.390 e. The van der Waals surface area contributed by atoms with Crippen LogP contribution in [0.3, 0.4) is 0 Å². The Morgan fingerprint density at radius 2 is 1.24 bits per heavy atom. The summed E-state index contributed by atoms with van der Waals surface area (Å²) in [5.74, 6) is -0.639. The maximum atomic E-state index is 11.9. The monoisotopic (exact) mass is 448 g/mol. The Morgan fingerprint density at radius 3 is 1.82 bits per heavy atom. The second kappa shape index (κ2) is 9.35. The number of benzene rings is 3. The third-order valence-corrected chi connectivity index (χ3v) is 6.64. The van der Waals surface area contributed by atoms with Gasteiger partial charge in [0.2, 0.25) is 0 Å². The van der Waals surface area contributed by atoms with Crippen molar-refractivity contribution >= 4 is 0 Å². The summed E-state index contributed by atoms with van der Waals surface area (Å²) in [5, 5.41) is 33.6. The van der Waals surface area contributed by atoms with E-state index in [1.165, 1.54) is 0 Å². The molecule has 5 rings (SSSR count). The number of hydrogen-bond donors (Lipinski definition) is 3. The van der Waals surface area contributed by atoms with E-state index >= 15 is 0 Å². The lowest BCUT2D eigenvalue weighted by Crippen LogP contribution is -2.80. The topological polar surface area (TPSA) is 88.4 Å². The molecular formula is C27H28O6. The van der Waals surface area contributed by atoms with E-state index in [9.17, 15) is 15.3 Å². The highest BCUT2D eigenvalue weighted by atomic mass is 16.7. The number of hydrogen-bond acceptors (Lipinski definition) is 6. The van der Waals surface area contributed by atoms with Gasteiger partial charge in [-0.15, -0.1) is 0 Å². The maximum Gasteiger partial charge on any atom is 0.184 e. The zero-order chi connectivity index (χ0) is 22.8. The molecule has 7 atom stereocenters. The molecule has 2 fully saturated rings. The van der Waals surface area contributed by atoms with Crippen LogP contribution in [0.15, 0.2) is 91.0 Å². The molecule has 1 heterocycles. The van der Waals surface area contributed by atoms with E-state index in [2.05, 4.69) is 0 Å². The van der Waals surface area contributed by atoms with E-state index < -0.39 is 42.2 Å². The molecular weight excluding hydrogens is 420 g/mol. The highest BCUT2D eigenvalue weighted by Crippen LogP contribution is 2.54. The van der Waals surface area contributed by atoms with Crippen molar-refractivity contribution in [2.24, 2.45) is 0 Å². The van der Waals surface area contributed by atoms with Gasteiger partial charge in [-0.2, -0.15) is 0 Å². The molecule has 3 aromatic rings. The average molecular weight is 449 g/mol. The first-order chi connectivity index (χ1) is 16.1. The SMILES string of the molecule is OC1C(c2ccccc2)[C@@]2(O)[C@@H]1O[C@H](O)[C@H](OCc1ccccc1)[C@H]2OCc1ccccc1. The zero-order valence-electron chi connectivity index (χ0n) is 18.1. The van der Waals surface area contributed by atoms with Crippen LogP contribution in [0, 0.1) is 0 Å². The van der Waals surface area contributed by atoms with Gasteiger partial charge in [0.05, 0.1) is 19.3 Å². The van der Waals surface area contributed by atoms with Gasteiger partial charge in [0.15, 0.2) is 6.29 Å². The molecule has 1 saturated heterocycles. The van der Waals surface area contributed by atoms with Crippen LogP contribution in [0.4, 0.5) is 0 Å². The number of fused-ring (bicyclic) bond motifs is 1. The van der Waals surface area contributed by atoms with Crippen LogP contribution < -0.4 is 0 Å². The van der Waals surface area contributed by atoms with E-state index in [-0.39, 0.29) is 13.2 Å². The molecule has 1 saturated carbocycles. The van der Waals surface area contributed by atoms with Crippen molar-refractivity contribution < 1.29 is 29.5 Å². The first-order valence-corrected chi connectivity index (χ1v) is 11.2. The van der Waals surface area contributed by atoms with Gasteiger partial charge in [-0.1, -0.05) is 91.0 Å². The first kappa shape index (κ1) is 22.2. The lowest BCUT2D eigenvalue weighted by Gasteiger charge is -2.62. The fourth-order valence-electron chi connectivity index (χ4n) is 5.00. The predicted octanol–water partition coefficient (Wildman–Crippen LogP) is 2.76. The van der Waals surface area contributed by atoms with Gasteiger partial charge in [-0.05, 0) is 16.7 Å². The summed E-state index contributed by atoms with van der Waals surface area (Å²) in [6.45, 7) is 0.437. The molecule has 2 aliphatic rings. The molecule has 6 heteroatoms. The summed E-state index contributed by atoms with van der Waals surface area (Å²) in [4.78, 5) is 0. The summed E-state index contributed by atoms with van der Waals surface area (Å²) in [5.41, 5.74) is 1.06. The van der Waals surface area contributed by atoms with Crippen LogP contribution in [0.2, 0.25) is 0 Å². The fourth-order valence-corrected chi connectivity index (χ4v) is 5.00. The van der Waals surface area contributed by atoms with Gasteiger partial charge >= 0.3 is 0 Å². The van der Waals surface area contributed by atoms with Crippen molar-refractivity contribution in [3.63, 3.8) is 0 Å². The molecule has 0 amide bonds. The summed E-state index contributed by atoms with van der Waals surface area (Å²) >= 11 is 0. The van der Waals surface area contributed by atoms with Crippen molar-refractivity contribution in [1.82, 2.24) is 0 Å². The molecule has 33 heavy (non-hydrogen) atoms. The molecule has 2 unspecified atom stereocenters. The minimum absolute atomic E-state index is 0.218. The number of aliphatic hydroxyl groups excluding tert-OH is 2. The maximum absolute atomic E-state index is 11.9. The lowest BCUT2D eigenvalue weighted by atomic mass is 9.57. The number of rotatable bonds is 7. The van der Waals surface area contributed by atoms with E-state index in [0.717, 1.165) is 16.7 Å². The molecule has 1 aliphatic heterocycles. The normalized spacial score (nSPS) is 33.2. The van der Waals surface area contributed by atoms with Gasteiger partial charge in [-0.3, -0.25) is 0 Å². The quantitative estimate of drug-likeness (QED) is 0.515. The fraction of sp³-hybridized carbons (Fsp3) is 0.333. The molecule has 0 bridgehead atoms. The van der Waals surface area contributed by atoms with Gasteiger partial charge in [0, 0.05) is 5.92 Å². The lowest BCUT2D eigenvalue weighted by molar-refractivity contribution is -0.392. The molecule has 3 N–H and O–H groups in total. The van der Waals surface area contributed by atoms with Crippen LogP contribution in [-0.2, 0) is 27.4 Å². The number of aliphatic hydroxyl groups is 3. The van der Waals surface area contributed by atoms with E-state index in [1.54, 1.807) is 0 Å². The van der Waals surface area contributed by atoms with Gasteiger partial charge in [-0.25, -0.2) is 0 Å². The second-order valence-corrected chi connectivity index (χ2v) is 8.69. The van der Waals surface area contributed by atoms with Crippen LogP contribution in [0.25, 0.3) is 0 Å². The smallest absolute Gasteiger partial charge is 0.184 e. The predicted molar refractivity (Wildman–Crippen MR) is 121 cm³/mol. The molecule has 1 aliphatic carbocycles. The van der Waals surface area contributed by atoms with Crippen LogP contribution in [-0.4, -0.2) is 51.6 Å². The Labute approximate surface area is 193 Å². The molecule has 0 aromatic heterocycles. The Morgan fingerprint density at radius 1 is 0.727 bits per heavy atom. The number of ether oxygens (including phenoxy) is 3. The molecule has 0 radical (unpaired) electrons. The van der Waals surface area contributed by atoms with Crippen molar-refractivity contribution in [3.8, 4) is 0 Å². The molecule has 0 spiro atoms. The third-order valence-electron chi connectivity index (χ3n) is 6.64. The molecule has 3 aromatic carbocycles. The summed E-state index contributed by atoms with van der Waals surface area (Å²) in [7, 11) is 0. The van der Waals surface area contributed by atoms with Crippen molar-refractivity contribution in [1.29, 1.82) is 0 Å². The Bertz CT molecular complexity index is 1030. The highest BCUT2D eigenvalue weighted by Gasteiger charge is 2.72. The van der Waals surface area contributed by atoms with Gasteiger partial charge in [0.1, 0.15) is 23.9 Å². The second-order valence-electron chi connectivity index (χ2n) is 8.69. The van der Waals surface area contributed by atoms with E-state index in [4.69, 9.17) is 14.2 Å².